The molecule has 0 saturated carbocycles. The summed E-state index contributed by atoms with van der Waals surface area (Å²) in [6, 6.07) is 53.1. The van der Waals surface area contributed by atoms with Gasteiger partial charge >= 0.3 is 36.6 Å². The Hall–Kier alpha value is -12.9. The minimum atomic E-state index is -4.81. The van der Waals surface area contributed by atoms with Gasteiger partial charge in [-0.15, -0.1) is 0 Å². The number of carbonyl (C=O) groups is 3. The summed E-state index contributed by atoms with van der Waals surface area (Å²) >= 11 is 0. The lowest BCUT2D eigenvalue weighted by Gasteiger charge is -2.40. The second-order valence-corrected chi connectivity index (χ2v) is 24.7. The van der Waals surface area contributed by atoms with Crippen LogP contribution in [0.5, 0.6) is 0 Å². The first kappa shape index (κ1) is 71.9. The Morgan fingerprint density at radius 1 is 0.343 bits per heavy atom. The van der Waals surface area contributed by atoms with Crippen molar-refractivity contribution in [3.8, 4) is 18.2 Å². The number of carbonyl (C=O) groups excluding carboxylic acids is 3. The smallest absolute Gasteiger partial charge is 0.284 e. The highest BCUT2D eigenvalue weighted by atomic mass is 19.4. The Kier molecular flexibility index (Phi) is 19.6. The van der Waals surface area contributed by atoms with Crippen LogP contribution in [0.2, 0.25) is 0 Å². The highest BCUT2D eigenvalue weighted by Crippen LogP contribution is 2.58. The Morgan fingerprint density at radius 2 is 0.549 bits per heavy atom. The molecule has 9 aromatic rings. The molecule has 0 bridgehead atoms. The largest absolute Gasteiger partial charge is 0.414 e. The van der Waals surface area contributed by atoms with E-state index in [4.69, 9.17) is 35.5 Å². The van der Waals surface area contributed by atoms with Gasteiger partial charge in [-0.1, -0.05) is 126 Å². The van der Waals surface area contributed by atoms with Crippen molar-refractivity contribution in [1.82, 2.24) is 0 Å². The molecule has 3 saturated heterocycles. The van der Waals surface area contributed by atoms with Crippen molar-refractivity contribution in [1.29, 1.82) is 15.8 Å². The van der Waals surface area contributed by atoms with Crippen molar-refractivity contribution in [2.75, 3.05) is 29.4 Å². The molecule has 0 radical (unpaired) electrons. The Labute approximate surface area is 581 Å². The molecule has 6 atom stereocenters. The maximum Gasteiger partial charge on any atom is 0.414 e. The van der Waals surface area contributed by atoms with Gasteiger partial charge < -0.3 is 0 Å². The zero-order valence-electron chi connectivity index (χ0n) is 55.0. The van der Waals surface area contributed by atoms with Crippen LogP contribution < -0.4 is 29.4 Å². The first-order valence-corrected chi connectivity index (χ1v) is 31.1. The van der Waals surface area contributed by atoms with Crippen LogP contribution in [0, 0.1) is 74.5 Å². The summed E-state index contributed by atoms with van der Waals surface area (Å²) in [4.78, 5) is 56.9. The summed E-state index contributed by atoms with van der Waals surface area (Å²) in [5, 5.41) is 27.3. The van der Waals surface area contributed by atoms with E-state index >= 15 is 0 Å². The van der Waals surface area contributed by atoms with Gasteiger partial charge in [0, 0.05) is 34.1 Å². The normalized spacial score (nSPS) is 20.2. The van der Waals surface area contributed by atoms with Crippen LogP contribution in [0.1, 0.15) is 89.0 Å². The zero-order valence-corrected chi connectivity index (χ0v) is 55.0. The number of benzene rings is 9. The Bertz CT molecular complexity index is 4460. The van der Waals surface area contributed by atoms with E-state index in [0.717, 1.165) is 66.9 Å². The Morgan fingerprint density at radius 3 is 0.725 bits per heavy atom. The predicted octanol–water partition coefficient (Wildman–Crippen LogP) is 20.8. The van der Waals surface area contributed by atoms with Gasteiger partial charge in [0.25, 0.3) is 0 Å². The quantitative estimate of drug-likeness (QED) is 0.103. The van der Waals surface area contributed by atoms with Crippen molar-refractivity contribution in [3.63, 3.8) is 0 Å². The molecule has 102 heavy (non-hydrogen) atoms. The maximum atomic E-state index is 14.9. The number of alkyl halides is 9. The number of halogens is 9. The maximum absolute atomic E-state index is 14.9. The average Bonchev–Trinajstić information content (AvgIpc) is 1.56. The van der Waals surface area contributed by atoms with Gasteiger partial charge in [0.15, 0.2) is 33.7 Å². The molecule has 3 heterocycles. The number of nitriles is 3. The van der Waals surface area contributed by atoms with Gasteiger partial charge in [-0.2, -0.15) is 55.3 Å². The van der Waals surface area contributed by atoms with E-state index in [1.165, 1.54) is 146 Å². The SMILES string of the molecule is [C-]#[N+]c1ccc(N2C(=O)N(c3ccc(C#N)cc3)C(C)(C(F)(F)F)C2c2cccc(C)c2)cc1.[C-]#[N+]c1ccc(N2C(=O)N(c3ccc(C#N)cc3)[C@@](C)(C(F)(F)F)[C@H]2c2cccc(C)c2)cc1.[C-]#[N+]c1ccc(N2C(=O)N(c3ccc(C#N)cc3)[C@](C)(C(F)(F)F)[C@@H]2c2cccc(C)c2)cc1. The molecule has 0 spiro atoms. The van der Waals surface area contributed by atoms with E-state index in [1.54, 1.807) is 93.6 Å². The molecule has 3 fully saturated rings. The summed E-state index contributed by atoms with van der Waals surface area (Å²) in [6.07, 6.45) is -14.4. The molecule has 9 aromatic carbocycles. The van der Waals surface area contributed by atoms with Gasteiger partial charge in [0.1, 0.15) is 0 Å². The molecule has 510 valence electrons. The molecule has 24 heteroatoms. The van der Waals surface area contributed by atoms with Crippen molar-refractivity contribution in [3.05, 3.63) is 303 Å². The van der Waals surface area contributed by atoms with Gasteiger partial charge in [-0.05, 0) is 167 Å². The molecule has 2 unspecified atom stereocenters. The van der Waals surface area contributed by atoms with Gasteiger partial charge in [0.05, 0.1) is 72.7 Å². The highest BCUT2D eigenvalue weighted by molar-refractivity contribution is 6.11. The van der Waals surface area contributed by atoms with Crippen LogP contribution >= 0.6 is 0 Å². The van der Waals surface area contributed by atoms with E-state index in [1.807, 2.05) is 18.2 Å². The summed E-state index contributed by atoms with van der Waals surface area (Å²) in [5.74, 6) is 0. The summed E-state index contributed by atoms with van der Waals surface area (Å²) in [7, 11) is 0. The number of nitrogens with zero attached hydrogens (tertiary/aromatic N) is 12. The van der Waals surface area contributed by atoms with Crippen LogP contribution in [0.4, 0.5) is 105 Å². The number of urea groups is 3. The van der Waals surface area contributed by atoms with Crippen LogP contribution in [0.15, 0.2) is 218 Å². The molecular weight excluding hydrogens is 1320 g/mol. The van der Waals surface area contributed by atoms with E-state index < -0.39 is 71.4 Å². The van der Waals surface area contributed by atoms with Crippen LogP contribution in [-0.2, 0) is 0 Å². The molecule has 15 nitrogen and oxygen atoms in total. The molecule has 3 aliphatic rings. The summed E-state index contributed by atoms with van der Waals surface area (Å²) in [6.45, 7) is 29.8. The number of rotatable bonds is 9. The second-order valence-electron chi connectivity index (χ2n) is 24.7. The fourth-order valence-corrected chi connectivity index (χ4v) is 13.2. The fraction of sp³-hybridized carbons (Fsp3) is 0.192. The minimum absolute atomic E-state index is 0.0294. The summed E-state index contributed by atoms with van der Waals surface area (Å²) in [5.41, 5.74) is -2.07. The lowest BCUT2D eigenvalue weighted by atomic mass is 9.84. The van der Waals surface area contributed by atoms with Crippen molar-refractivity contribution in [2.45, 2.75) is 94.8 Å². The number of hydrogen-bond acceptors (Lipinski definition) is 6. The van der Waals surface area contributed by atoms with Crippen LogP contribution in [-0.4, -0.2) is 53.2 Å². The molecule has 0 aromatic heterocycles. The van der Waals surface area contributed by atoms with Crippen LogP contribution in [0.3, 0.4) is 0 Å². The molecular formula is C78H57F9N12O3. The Balaban J connectivity index is 0.000000165. The van der Waals surface area contributed by atoms with Gasteiger partial charge in [0.2, 0.25) is 0 Å². The standard InChI is InChI=1S/3C26H19F3N4O/c3*1-17-5-4-6-19(15-17)23-25(2,26(27,28)29)33(22-11-7-18(16-30)8-12-22)24(34)32(23)21-13-9-20(31-3)10-14-21/h3*4-15,23H,1-2H3/t2*23-,25-;/m10./s1. The first-order valence-electron chi connectivity index (χ1n) is 31.1. The molecule has 0 aliphatic carbocycles. The number of aryl methyl sites for hydroxylation is 3. The van der Waals surface area contributed by atoms with E-state index in [-0.39, 0.29) is 50.8 Å². The third kappa shape index (κ3) is 12.9. The lowest BCUT2D eigenvalue weighted by Crippen LogP contribution is -2.57. The van der Waals surface area contributed by atoms with Gasteiger partial charge in [-0.3, -0.25) is 29.4 Å². The topological polar surface area (TPSA) is 155 Å². The molecule has 6 amide bonds. The van der Waals surface area contributed by atoms with E-state index in [9.17, 15) is 53.9 Å². The third-order valence-corrected chi connectivity index (χ3v) is 18.3. The predicted molar refractivity (Wildman–Crippen MR) is 368 cm³/mol. The van der Waals surface area contributed by atoms with Crippen molar-refractivity contribution in [2.24, 2.45) is 0 Å². The first-order chi connectivity index (χ1) is 48.3. The molecule has 12 rings (SSSR count). The van der Waals surface area contributed by atoms with Gasteiger partial charge in [-0.25, -0.2) is 28.9 Å². The molecule has 3 aliphatic heterocycles. The molecule has 0 N–H and O–H groups in total. The third-order valence-electron chi connectivity index (χ3n) is 18.3. The summed E-state index contributed by atoms with van der Waals surface area (Å²) < 4.78 is 134. The minimum Gasteiger partial charge on any atom is -0.284 e. The lowest BCUT2D eigenvalue weighted by molar-refractivity contribution is -0.182. The number of amides is 6. The van der Waals surface area contributed by atoms with Crippen LogP contribution in [0.25, 0.3) is 14.5 Å². The number of hydrogen-bond donors (Lipinski definition) is 0. The monoisotopic (exact) mass is 1380 g/mol. The zero-order chi connectivity index (χ0) is 74.0. The highest BCUT2D eigenvalue weighted by Gasteiger charge is 2.72. The fourth-order valence-electron chi connectivity index (χ4n) is 13.2. The van der Waals surface area contributed by atoms with Crippen molar-refractivity contribution < 1.29 is 53.9 Å². The second kappa shape index (κ2) is 27.8. The van der Waals surface area contributed by atoms with E-state index in [2.05, 4.69) is 14.5 Å². The van der Waals surface area contributed by atoms with Crippen molar-refractivity contribution >= 4 is 69.3 Å². The van der Waals surface area contributed by atoms with E-state index in [0.29, 0.717) is 33.8 Å². The average molecular weight is 1380 g/mol. The number of anilines is 6.